The Morgan fingerprint density at radius 1 is 1.20 bits per heavy atom. The topological polar surface area (TPSA) is 36.9 Å². The van der Waals surface area contributed by atoms with E-state index in [9.17, 15) is 0 Å². The third-order valence-electron chi connectivity index (χ3n) is 4.01. The van der Waals surface area contributed by atoms with Gasteiger partial charge in [0.2, 0.25) is 0 Å². The van der Waals surface area contributed by atoms with Crippen LogP contribution in [-0.4, -0.2) is 38.1 Å². The average molecular weight is 360 g/mol. The van der Waals surface area contributed by atoms with Crippen molar-refractivity contribution in [2.24, 2.45) is 4.99 Å². The molecule has 1 heterocycles. The van der Waals surface area contributed by atoms with Gasteiger partial charge >= 0.3 is 0 Å². The molecular formula is C20H29N3OS. The van der Waals surface area contributed by atoms with Crippen molar-refractivity contribution in [3.8, 4) is 0 Å². The summed E-state index contributed by atoms with van der Waals surface area (Å²) in [5.41, 5.74) is 2.49. The first-order chi connectivity index (χ1) is 12.2. The Kier molecular flexibility index (Phi) is 8.49. The maximum atomic E-state index is 5.70. The molecule has 1 aromatic carbocycles. The fourth-order valence-corrected chi connectivity index (χ4v) is 3.29. The molecule has 0 aliphatic carbocycles. The summed E-state index contributed by atoms with van der Waals surface area (Å²) in [4.78, 5) is 7.99. The number of guanidine groups is 1. The number of ether oxygens (including phenoxy) is 1. The summed E-state index contributed by atoms with van der Waals surface area (Å²) < 4.78 is 5.70. The van der Waals surface area contributed by atoms with Crippen LogP contribution in [0, 0.1) is 0 Å². The van der Waals surface area contributed by atoms with Gasteiger partial charge in [-0.05, 0) is 35.4 Å². The van der Waals surface area contributed by atoms with Gasteiger partial charge in [0.15, 0.2) is 5.96 Å². The van der Waals surface area contributed by atoms with E-state index < -0.39 is 0 Å². The minimum Gasteiger partial charge on any atom is -0.377 e. The van der Waals surface area contributed by atoms with Gasteiger partial charge in [0.1, 0.15) is 0 Å². The van der Waals surface area contributed by atoms with E-state index >= 15 is 0 Å². The minimum atomic E-state index is 0.665. The molecule has 2 aromatic rings. The molecule has 0 unspecified atom stereocenters. The van der Waals surface area contributed by atoms with Crippen LogP contribution in [0.3, 0.4) is 0 Å². The summed E-state index contributed by atoms with van der Waals surface area (Å²) in [6.07, 6.45) is 2.08. The second-order valence-electron chi connectivity index (χ2n) is 5.97. The van der Waals surface area contributed by atoms with Crippen molar-refractivity contribution in [3.63, 3.8) is 0 Å². The molecule has 1 N–H and O–H groups in total. The molecule has 0 saturated carbocycles. The highest BCUT2D eigenvalue weighted by molar-refractivity contribution is 7.09. The summed E-state index contributed by atoms with van der Waals surface area (Å²) in [6, 6.07) is 12.7. The summed E-state index contributed by atoms with van der Waals surface area (Å²) in [7, 11) is 3.92. The van der Waals surface area contributed by atoms with Crippen LogP contribution in [-0.2, 0) is 24.3 Å². The highest BCUT2D eigenvalue weighted by Gasteiger charge is 2.08. The van der Waals surface area contributed by atoms with Crippen LogP contribution in [0.2, 0.25) is 0 Å². The lowest BCUT2D eigenvalue weighted by atomic mass is 10.1. The molecule has 1 aromatic heterocycles. The Bertz CT molecular complexity index is 640. The molecule has 0 bridgehead atoms. The van der Waals surface area contributed by atoms with Crippen molar-refractivity contribution >= 4 is 17.3 Å². The molecule has 0 spiro atoms. The van der Waals surface area contributed by atoms with Crippen LogP contribution < -0.4 is 5.32 Å². The lowest BCUT2D eigenvalue weighted by Crippen LogP contribution is -2.39. The van der Waals surface area contributed by atoms with Crippen LogP contribution in [0.25, 0.3) is 0 Å². The van der Waals surface area contributed by atoms with Gasteiger partial charge in [0.05, 0.1) is 6.61 Å². The van der Waals surface area contributed by atoms with E-state index in [-0.39, 0.29) is 0 Å². The fourth-order valence-electron chi connectivity index (χ4n) is 2.59. The van der Waals surface area contributed by atoms with Gasteiger partial charge in [0.25, 0.3) is 0 Å². The van der Waals surface area contributed by atoms with Crippen molar-refractivity contribution in [1.82, 2.24) is 10.2 Å². The molecule has 0 radical (unpaired) electrons. The average Bonchev–Trinajstić information content (AvgIpc) is 3.15. The zero-order valence-electron chi connectivity index (χ0n) is 15.5. The van der Waals surface area contributed by atoms with E-state index in [0.717, 1.165) is 38.5 Å². The highest BCUT2D eigenvalue weighted by Crippen LogP contribution is 2.11. The van der Waals surface area contributed by atoms with Gasteiger partial charge in [0, 0.05) is 38.7 Å². The van der Waals surface area contributed by atoms with Crippen molar-refractivity contribution in [3.05, 3.63) is 57.8 Å². The third kappa shape index (κ3) is 6.52. The SMILES string of the molecule is CCCOCc1ccccc1CNC(=NC)N(C)CCc1cccs1. The van der Waals surface area contributed by atoms with Crippen molar-refractivity contribution in [2.45, 2.75) is 32.9 Å². The summed E-state index contributed by atoms with van der Waals surface area (Å²) in [5.74, 6) is 0.917. The lowest BCUT2D eigenvalue weighted by molar-refractivity contribution is 0.121. The molecule has 0 atom stereocenters. The van der Waals surface area contributed by atoms with Crippen LogP contribution in [0.1, 0.15) is 29.3 Å². The molecule has 0 fully saturated rings. The van der Waals surface area contributed by atoms with Gasteiger partial charge in [-0.3, -0.25) is 4.99 Å². The minimum absolute atomic E-state index is 0.665. The van der Waals surface area contributed by atoms with E-state index in [0.29, 0.717) is 6.61 Å². The Morgan fingerprint density at radius 2 is 2.00 bits per heavy atom. The van der Waals surface area contributed by atoms with Crippen molar-refractivity contribution < 1.29 is 4.74 Å². The molecule has 0 amide bonds. The predicted octanol–water partition coefficient (Wildman–Crippen LogP) is 3.92. The molecule has 0 saturated heterocycles. The van der Waals surface area contributed by atoms with Crippen LogP contribution >= 0.6 is 11.3 Å². The number of likely N-dealkylation sites (N-methyl/N-ethyl adjacent to an activating group) is 1. The van der Waals surface area contributed by atoms with Gasteiger partial charge in [-0.1, -0.05) is 37.3 Å². The first-order valence-electron chi connectivity index (χ1n) is 8.83. The second-order valence-corrected chi connectivity index (χ2v) is 7.01. The van der Waals surface area contributed by atoms with Gasteiger partial charge in [-0.25, -0.2) is 0 Å². The van der Waals surface area contributed by atoms with Gasteiger partial charge < -0.3 is 15.0 Å². The Balaban J connectivity index is 1.87. The third-order valence-corrected chi connectivity index (χ3v) is 4.94. The van der Waals surface area contributed by atoms with Crippen LogP contribution in [0.5, 0.6) is 0 Å². The first kappa shape index (κ1) is 19.5. The predicted molar refractivity (Wildman–Crippen MR) is 107 cm³/mol. The monoisotopic (exact) mass is 359 g/mol. The van der Waals surface area contributed by atoms with Crippen molar-refractivity contribution in [1.29, 1.82) is 0 Å². The first-order valence-corrected chi connectivity index (χ1v) is 9.71. The van der Waals surface area contributed by atoms with E-state index in [2.05, 4.69) is 71.0 Å². The van der Waals surface area contributed by atoms with E-state index in [1.165, 1.54) is 16.0 Å². The standard InChI is InChI=1S/C20H29N3OS/c1-4-13-24-16-18-9-6-5-8-17(18)15-22-20(21-2)23(3)12-11-19-10-7-14-25-19/h5-10,14H,4,11-13,15-16H2,1-3H3,(H,21,22). The van der Waals surface area contributed by atoms with E-state index in [4.69, 9.17) is 4.74 Å². The molecule has 2 rings (SSSR count). The maximum Gasteiger partial charge on any atom is 0.193 e. The number of aliphatic imine (C=N–C) groups is 1. The second kappa shape index (κ2) is 10.9. The number of hydrogen-bond acceptors (Lipinski definition) is 3. The van der Waals surface area contributed by atoms with Crippen molar-refractivity contribution in [2.75, 3.05) is 27.2 Å². The van der Waals surface area contributed by atoms with Crippen LogP contribution in [0.4, 0.5) is 0 Å². The number of nitrogens with one attached hydrogen (secondary N) is 1. The van der Waals surface area contributed by atoms with E-state index in [1.54, 1.807) is 11.3 Å². The molecule has 5 heteroatoms. The number of benzene rings is 1. The van der Waals surface area contributed by atoms with Gasteiger partial charge in [-0.15, -0.1) is 11.3 Å². The number of rotatable bonds is 9. The summed E-state index contributed by atoms with van der Waals surface area (Å²) in [5, 5.41) is 5.60. The van der Waals surface area contributed by atoms with E-state index in [1.807, 2.05) is 7.05 Å². The molecule has 0 aliphatic heterocycles. The summed E-state index contributed by atoms with van der Waals surface area (Å²) in [6.45, 7) is 5.29. The highest BCUT2D eigenvalue weighted by atomic mass is 32.1. The van der Waals surface area contributed by atoms with Gasteiger partial charge in [-0.2, -0.15) is 0 Å². The lowest BCUT2D eigenvalue weighted by Gasteiger charge is -2.22. The largest absolute Gasteiger partial charge is 0.377 e. The molecule has 136 valence electrons. The maximum absolute atomic E-state index is 5.70. The number of nitrogens with zero attached hydrogens (tertiary/aromatic N) is 2. The molecule has 0 aliphatic rings. The zero-order chi connectivity index (χ0) is 17.9. The molecule has 25 heavy (non-hydrogen) atoms. The number of thiophene rings is 1. The number of hydrogen-bond donors (Lipinski definition) is 1. The summed E-state index contributed by atoms with van der Waals surface area (Å²) >= 11 is 1.80. The normalized spacial score (nSPS) is 11.6. The quantitative estimate of drug-likeness (QED) is 0.419. The fraction of sp³-hybridized carbons (Fsp3) is 0.450. The Morgan fingerprint density at radius 3 is 2.68 bits per heavy atom. The smallest absolute Gasteiger partial charge is 0.193 e. The molecule has 4 nitrogen and oxygen atoms in total. The Hall–Kier alpha value is -1.85. The van der Waals surface area contributed by atoms with Crippen LogP contribution in [0.15, 0.2) is 46.8 Å². The Labute approximate surface area is 155 Å². The zero-order valence-corrected chi connectivity index (χ0v) is 16.3. The molecular weight excluding hydrogens is 330 g/mol.